The van der Waals surface area contributed by atoms with E-state index in [0.29, 0.717) is 31.5 Å². The van der Waals surface area contributed by atoms with Crippen LogP contribution in [0.15, 0.2) is 24.3 Å². The Bertz CT molecular complexity index is 394. The van der Waals surface area contributed by atoms with E-state index in [9.17, 15) is 14.3 Å². The maximum atomic E-state index is 12.7. The lowest BCUT2D eigenvalue weighted by Crippen LogP contribution is -2.24. The van der Waals surface area contributed by atoms with Gasteiger partial charge < -0.3 is 14.7 Å². The zero-order valence-corrected chi connectivity index (χ0v) is 11.3. The summed E-state index contributed by atoms with van der Waals surface area (Å²) in [5, 5.41) is 9.94. The predicted octanol–water partition coefficient (Wildman–Crippen LogP) is 1.74. The third kappa shape index (κ3) is 5.81. The van der Waals surface area contributed by atoms with Gasteiger partial charge in [0, 0.05) is 13.1 Å². The van der Waals surface area contributed by atoms with Gasteiger partial charge in [-0.3, -0.25) is 4.79 Å². The fraction of sp³-hybridized carbons (Fsp3) is 0.500. The number of halogens is 1. The van der Waals surface area contributed by atoms with E-state index >= 15 is 0 Å². The number of methoxy groups -OCH3 is 1. The molecule has 106 valence electrons. The Hall–Kier alpha value is -1.46. The van der Waals surface area contributed by atoms with E-state index in [1.54, 1.807) is 12.1 Å². The van der Waals surface area contributed by atoms with Crippen molar-refractivity contribution in [3.63, 3.8) is 0 Å². The van der Waals surface area contributed by atoms with Gasteiger partial charge in [0.2, 0.25) is 0 Å². The van der Waals surface area contributed by atoms with Crippen molar-refractivity contribution >= 4 is 5.97 Å². The van der Waals surface area contributed by atoms with Crippen LogP contribution >= 0.6 is 0 Å². The lowest BCUT2D eigenvalue weighted by Gasteiger charge is -2.18. The molecule has 1 N–H and O–H groups in total. The Morgan fingerprint density at radius 2 is 2.00 bits per heavy atom. The molecule has 0 aliphatic carbocycles. The van der Waals surface area contributed by atoms with Crippen LogP contribution in [-0.2, 0) is 9.53 Å². The number of benzene rings is 1. The fourth-order valence-electron chi connectivity index (χ4n) is 1.69. The third-order valence-electron chi connectivity index (χ3n) is 2.96. The molecule has 0 amide bonds. The molecule has 19 heavy (non-hydrogen) atoms. The van der Waals surface area contributed by atoms with E-state index in [1.807, 2.05) is 11.9 Å². The summed E-state index contributed by atoms with van der Waals surface area (Å²) >= 11 is 0. The van der Waals surface area contributed by atoms with Crippen molar-refractivity contribution in [3.05, 3.63) is 35.6 Å². The Kier molecular flexibility index (Phi) is 6.45. The minimum atomic E-state index is -0.624. The first-order chi connectivity index (χ1) is 9.02. The molecule has 0 saturated heterocycles. The number of esters is 1. The Morgan fingerprint density at radius 1 is 1.37 bits per heavy atom. The van der Waals surface area contributed by atoms with Crippen LogP contribution in [0.4, 0.5) is 4.39 Å². The van der Waals surface area contributed by atoms with Crippen LogP contribution in [0.1, 0.15) is 24.5 Å². The van der Waals surface area contributed by atoms with Crippen molar-refractivity contribution in [2.24, 2.45) is 0 Å². The number of carbonyl (C=O) groups is 1. The van der Waals surface area contributed by atoms with Crippen molar-refractivity contribution < 1.29 is 19.0 Å². The van der Waals surface area contributed by atoms with Gasteiger partial charge in [-0.05, 0) is 31.2 Å². The summed E-state index contributed by atoms with van der Waals surface area (Å²) < 4.78 is 17.3. The molecule has 0 unspecified atom stereocenters. The first-order valence-corrected chi connectivity index (χ1v) is 6.22. The van der Waals surface area contributed by atoms with Crippen LogP contribution in [0.3, 0.4) is 0 Å². The highest BCUT2D eigenvalue weighted by atomic mass is 19.1. The number of nitrogens with zero attached hydrogens (tertiary/aromatic N) is 1. The first-order valence-electron chi connectivity index (χ1n) is 6.22. The highest BCUT2D eigenvalue weighted by Gasteiger charge is 2.10. The van der Waals surface area contributed by atoms with Crippen LogP contribution in [0.5, 0.6) is 0 Å². The van der Waals surface area contributed by atoms with Crippen molar-refractivity contribution in [2.75, 3.05) is 27.2 Å². The Labute approximate surface area is 112 Å². The summed E-state index contributed by atoms with van der Waals surface area (Å²) in [6.45, 7) is 1.23. The second-order valence-corrected chi connectivity index (χ2v) is 4.49. The van der Waals surface area contributed by atoms with Crippen LogP contribution in [0.2, 0.25) is 0 Å². The SMILES string of the molecule is COC(=O)CCN(C)CC[C@H](O)c1ccc(F)cc1. The zero-order chi connectivity index (χ0) is 14.3. The van der Waals surface area contributed by atoms with Crippen LogP contribution in [0, 0.1) is 5.82 Å². The number of hydrogen-bond donors (Lipinski definition) is 1. The summed E-state index contributed by atoms with van der Waals surface area (Å²) in [6.07, 6.45) is 0.240. The summed E-state index contributed by atoms with van der Waals surface area (Å²) in [5.74, 6) is -0.558. The molecule has 4 nitrogen and oxygen atoms in total. The molecule has 0 aliphatic heterocycles. The van der Waals surface area contributed by atoms with Crippen molar-refractivity contribution in [1.29, 1.82) is 0 Å². The maximum absolute atomic E-state index is 12.7. The molecule has 1 aromatic rings. The molecule has 0 bridgehead atoms. The van der Waals surface area contributed by atoms with Crippen LogP contribution in [0.25, 0.3) is 0 Å². The van der Waals surface area contributed by atoms with Gasteiger partial charge in [0.1, 0.15) is 5.82 Å². The first kappa shape index (κ1) is 15.6. The van der Waals surface area contributed by atoms with Gasteiger partial charge >= 0.3 is 5.97 Å². The van der Waals surface area contributed by atoms with Gasteiger partial charge in [-0.2, -0.15) is 0 Å². The minimum Gasteiger partial charge on any atom is -0.469 e. The number of hydrogen-bond acceptors (Lipinski definition) is 4. The molecule has 1 aromatic carbocycles. The van der Waals surface area contributed by atoms with E-state index in [1.165, 1.54) is 19.2 Å². The second-order valence-electron chi connectivity index (χ2n) is 4.49. The third-order valence-corrected chi connectivity index (χ3v) is 2.96. The molecule has 0 aliphatic rings. The standard InChI is InChI=1S/C14H20FNO3/c1-16(10-8-14(18)19-2)9-7-13(17)11-3-5-12(15)6-4-11/h3-6,13,17H,7-10H2,1-2H3/t13-/m0/s1. The van der Waals surface area contributed by atoms with E-state index in [-0.39, 0.29) is 11.8 Å². The highest BCUT2D eigenvalue weighted by molar-refractivity contribution is 5.69. The summed E-state index contributed by atoms with van der Waals surface area (Å²) in [5.41, 5.74) is 0.697. The van der Waals surface area contributed by atoms with Gasteiger partial charge in [0.25, 0.3) is 0 Å². The molecule has 0 fully saturated rings. The normalized spacial score (nSPS) is 12.5. The van der Waals surface area contributed by atoms with E-state index in [4.69, 9.17) is 0 Å². The van der Waals surface area contributed by atoms with E-state index in [2.05, 4.69) is 4.74 Å². The van der Waals surface area contributed by atoms with E-state index < -0.39 is 6.10 Å². The molecule has 0 spiro atoms. The largest absolute Gasteiger partial charge is 0.469 e. The zero-order valence-electron chi connectivity index (χ0n) is 11.3. The second kappa shape index (κ2) is 7.86. The molecule has 0 aromatic heterocycles. The number of ether oxygens (including phenoxy) is 1. The predicted molar refractivity (Wildman–Crippen MR) is 70.1 cm³/mol. The molecular weight excluding hydrogens is 249 g/mol. The van der Waals surface area contributed by atoms with Gasteiger partial charge in [-0.25, -0.2) is 4.39 Å². The summed E-state index contributed by atoms with van der Waals surface area (Å²) in [7, 11) is 3.24. The number of carbonyl (C=O) groups excluding carboxylic acids is 1. The Balaban J connectivity index is 2.31. The fourth-order valence-corrected chi connectivity index (χ4v) is 1.69. The lowest BCUT2D eigenvalue weighted by atomic mass is 10.1. The van der Waals surface area contributed by atoms with Gasteiger partial charge in [-0.1, -0.05) is 12.1 Å². The topological polar surface area (TPSA) is 49.8 Å². The smallest absolute Gasteiger partial charge is 0.306 e. The maximum Gasteiger partial charge on any atom is 0.306 e. The monoisotopic (exact) mass is 269 g/mol. The van der Waals surface area contributed by atoms with Gasteiger partial charge in [0.05, 0.1) is 19.6 Å². The molecule has 5 heteroatoms. The quantitative estimate of drug-likeness (QED) is 0.766. The van der Waals surface area contributed by atoms with Gasteiger partial charge in [-0.15, -0.1) is 0 Å². The average Bonchev–Trinajstić information content (AvgIpc) is 2.42. The molecule has 0 heterocycles. The molecule has 0 radical (unpaired) electrons. The van der Waals surface area contributed by atoms with Crippen molar-refractivity contribution in [3.8, 4) is 0 Å². The van der Waals surface area contributed by atoms with E-state index in [0.717, 1.165) is 0 Å². The van der Waals surface area contributed by atoms with Gasteiger partial charge in [0.15, 0.2) is 0 Å². The lowest BCUT2D eigenvalue weighted by molar-refractivity contribution is -0.140. The molecule has 1 atom stereocenters. The van der Waals surface area contributed by atoms with Crippen LogP contribution < -0.4 is 0 Å². The van der Waals surface area contributed by atoms with Crippen molar-refractivity contribution in [2.45, 2.75) is 18.9 Å². The number of aliphatic hydroxyl groups is 1. The number of aliphatic hydroxyl groups excluding tert-OH is 1. The Morgan fingerprint density at radius 3 is 2.58 bits per heavy atom. The summed E-state index contributed by atoms with van der Waals surface area (Å²) in [6, 6.07) is 5.82. The van der Waals surface area contributed by atoms with Crippen LogP contribution in [-0.4, -0.2) is 43.2 Å². The highest BCUT2D eigenvalue weighted by Crippen LogP contribution is 2.17. The number of rotatable bonds is 7. The average molecular weight is 269 g/mol. The molecular formula is C14H20FNO3. The van der Waals surface area contributed by atoms with Crippen molar-refractivity contribution in [1.82, 2.24) is 4.90 Å². The molecule has 0 saturated carbocycles. The minimum absolute atomic E-state index is 0.245. The summed E-state index contributed by atoms with van der Waals surface area (Å²) in [4.78, 5) is 12.9. The molecule has 1 rings (SSSR count).